The lowest BCUT2D eigenvalue weighted by molar-refractivity contribution is -0.148. The van der Waals surface area contributed by atoms with Gasteiger partial charge in [0.15, 0.2) is 0 Å². The van der Waals surface area contributed by atoms with Crippen LogP contribution in [-0.4, -0.2) is 41.5 Å². The van der Waals surface area contributed by atoms with Crippen LogP contribution in [0.15, 0.2) is 18.2 Å². The van der Waals surface area contributed by atoms with Gasteiger partial charge >= 0.3 is 5.97 Å². The number of nitrogens with one attached hydrogen (secondary N) is 1. The maximum Gasteiger partial charge on any atom is 0.311 e. The van der Waals surface area contributed by atoms with Gasteiger partial charge in [-0.25, -0.2) is 0 Å². The Morgan fingerprint density at radius 3 is 2.90 bits per heavy atom. The average Bonchev–Trinajstić information content (AvgIpc) is 3.13. The molecule has 112 valence electrons. The number of carboxylic acids is 1. The van der Waals surface area contributed by atoms with Crippen molar-refractivity contribution in [3.63, 3.8) is 0 Å². The number of likely N-dealkylation sites (tertiary alicyclic amines) is 1. The molecule has 1 atom stereocenters. The van der Waals surface area contributed by atoms with Gasteiger partial charge in [0, 0.05) is 30.9 Å². The first-order chi connectivity index (χ1) is 10.1. The van der Waals surface area contributed by atoms with Crippen LogP contribution in [0.4, 0.5) is 5.69 Å². The highest BCUT2D eigenvalue weighted by atomic mass is 16.4. The normalized spacial score (nSPS) is 23.8. The van der Waals surface area contributed by atoms with Crippen LogP contribution < -0.4 is 5.32 Å². The van der Waals surface area contributed by atoms with Gasteiger partial charge in [-0.05, 0) is 43.0 Å². The molecule has 2 N–H and O–H groups in total. The van der Waals surface area contributed by atoms with Gasteiger partial charge in [-0.3, -0.25) is 9.59 Å². The van der Waals surface area contributed by atoms with Crippen LogP contribution in [0.3, 0.4) is 0 Å². The molecule has 0 radical (unpaired) electrons. The van der Waals surface area contributed by atoms with Crippen LogP contribution >= 0.6 is 0 Å². The Morgan fingerprint density at radius 1 is 1.43 bits per heavy atom. The number of carboxylic acid groups (broad SMARTS) is 1. The molecule has 2 aliphatic rings. The van der Waals surface area contributed by atoms with Gasteiger partial charge in [0.05, 0.1) is 5.41 Å². The molecule has 3 rings (SSSR count). The molecular weight excluding hydrogens is 268 g/mol. The summed E-state index contributed by atoms with van der Waals surface area (Å²) in [5, 5.41) is 12.7. The first-order valence-corrected chi connectivity index (χ1v) is 7.45. The molecule has 0 aromatic heterocycles. The number of benzene rings is 1. The SMILES string of the molecule is CCC1(C(=O)O)CCN(C(=O)c2ccc3c(c2)CCN3)C1. The van der Waals surface area contributed by atoms with E-state index >= 15 is 0 Å². The molecule has 0 bridgehead atoms. The lowest BCUT2D eigenvalue weighted by atomic mass is 9.84. The van der Waals surface area contributed by atoms with Gasteiger partial charge in [0.1, 0.15) is 0 Å². The van der Waals surface area contributed by atoms with E-state index in [1.165, 1.54) is 5.56 Å². The summed E-state index contributed by atoms with van der Waals surface area (Å²) < 4.78 is 0. The second-order valence-corrected chi connectivity index (χ2v) is 5.96. The predicted molar refractivity (Wildman–Crippen MR) is 79.5 cm³/mol. The van der Waals surface area contributed by atoms with Gasteiger partial charge in [-0.15, -0.1) is 0 Å². The lowest BCUT2D eigenvalue weighted by Crippen LogP contribution is -2.36. The van der Waals surface area contributed by atoms with E-state index in [9.17, 15) is 14.7 Å². The van der Waals surface area contributed by atoms with Gasteiger partial charge in [-0.1, -0.05) is 6.92 Å². The fourth-order valence-electron chi connectivity index (χ4n) is 3.28. The van der Waals surface area contributed by atoms with E-state index in [0.717, 1.165) is 18.7 Å². The van der Waals surface area contributed by atoms with Crippen molar-refractivity contribution in [2.75, 3.05) is 25.0 Å². The third kappa shape index (κ3) is 2.26. The Hall–Kier alpha value is -2.04. The minimum absolute atomic E-state index is 0.0544. The summed E-state index contributed by atoms with van der Waals surface area (Å²) in [6, 6.07) is 5.70. The van der Waals surface area contributed by atoms with Gasteiger partial charge in [0.2, 0.25) is 0 Å². The number of hydrogen-bond donors (Lipinski definition) is 2. The van der Waals surface area contributed by atoms with Crippen LogP contribution in [0.25, 0.3) is 0 Å². The third-order valence-electron chi connectivity index (χ3n) is 4.83. The van der Waals surface area contributed by atoms with Crippen LogP contribution in [0, 0.1) is 5.41 Å². The number of rotatable bonds is 3. The van der Waals surface area contributed by atoms with Crippen LogP contribution in [0.5, 0.6) is 0 Å². The number of amides is 1. The molecule has 0 aliphatic carbocycles. The molecule has 1 aromatic carbocycles. The van der Waals surface area contributed by atoms with Crippen LogP contribution in [0.2, 0.25) is 0 Å². The molecule has 5 heteroatoms. The van der Waals surface area contributed by atoms with E-state index in [1.807, 2.05) is 25.1 Å². The number of nitrogens with zero attached hydrogens (tertiary/aromatic N) is 1. The zero-order valence-electron chi connectivity index (χ0n) is 12.2. The first kappa shape index (κ1) is 13.9. The molecule has 1 aromatic rings. The second-order valence-electron chi connectivity index (χ2n) is 5.96. The molecule has 2 aliphatic heterocycles. The van der Waals surface area contributed by atoms with Crippen LogP contribution in [0.1, 0.15) is 35.7 Å². The van der Waals surface area contributed by atoms with Crippen molar-refractivity contribution in [2.45, 2.75) is 26.2 Å². The summed E-state index contributed by atoms with van der Waals surface area (Å²) in [6.45, 7) is 3.62. The van der Waals surface area contributed by atoms with Gasteiger partial charge in [-0.2, -0.15) is 0 Å². The largest absolute Gasteiger partial charge is 0.481 e. The Bertz CT molecular complexity index is 599. The summed E-state index contributed by atoms with van der Waals surface area (Å²) in [5.41, 5.74) is 2.16. The number of hydrogen-bond acceptors (Lipinski definition) is 3. The van der Waals surface area contributed by atoms with Crippen molar-refractivity contribution in [3.05, 3.63) is 29.3 Å². The molecular formula is C16H20N2O3. The molecule has 0 spiro atoms. The van der Waals surface area contributed by atoms with E-state index in [1.54, 1.807) is 4.90 Å². The predicted octanol–water partition coefficient (Wildman–Crippen LogP) is 1.98. The second kappa shape index (κ2) is 5.06. The fraction of sp³-hybridized carbons (Fsp3) is 0.500. The molecule has 1 saturated heterocycles. The van der Waals surface area contributed by atoms with E-state index in [4.69, 9.17) is 0 Å². The third-order valence-corrected chi connectivity index (χ3v) is 4.83. The zero-order chi connectivity index (χ0) is 15.0. The highest BCUT2D eigenvalue weighted by Crippen LogP contribution is 2.35. The maximum atomic E-state index is 12.6. The van der Waals surface area contributed by atoms with Crippen molar-refractivity contribution in [3.8, 4) is 0 Å². The Labute approximate surface area is 123 Å². The molecule has 1 fully saturated rings. The van der Waals surface area contributed by atoms with Gasteiger partial charge in [0.25, 0.3) is 5.91 Å². The minimum atomic E-state index is -0.793. The van der Waals surface area contributed by atoms with Gasteiger partial charge < -0.3 is 15.3 Å². The average molecular weight is 288 g/mol. The molecule has 1 amide bonds. The summed E-state index contributed by atoms with van der Waals surface area (Å²) >= 11 is 0. The lowest BCUT2D eigenvalue weighted by Gasteiger charge is -2.23. The topological polar surface area (TPSA) is 69.6 Å². The molecule has 0 saturated carbocycles. The van der Waals surface area contributed by atoms with Crippen molar-refractivity contribution >= 4 is 17.6 Å². The van der Waals surface area contributed by atoms with E-state index in [0.29, 0.717) is 31.5 Å². The Kier molecular flexibility index (Phi) is 3.35. The quantitative estimate of drug-likeness (QED) is 0.892. The summed E-state index contributed by atoms with van der Waals surface area (Å²) in [4.78, 5) is 25.7. The summed E-state index contributed by atoms with van der Waals surface area (Å²) in [6.07, 6.45) is 2.03. The van der Waals surface area contributed by atoms with Crippen molar-refractivity contribution < 1.29 is 14.7 Å². The molecule has 21 heavy (non-hydrogen) atoms. The fourth-order valence-corrected chi connectivity index (χ4v) is 3.28. The standard InChI is InChI=1S/C16H20N2O3/c1-2-16(15(20)21)6-8-18(10-16)14(19)12-3-4-13-11(9-12)5-7-17-13/h3-4,9,17H,2,5-8,10H2,1H3,(H,20,21). The molecule has 1 unspecified atom stereocenters. The van der Waals surface area contributed by atoms with E-state index in [2.05, 4.69) is 5.32 Å². The minimum Gasteiger partial charge on any atom is -0.481 e. The Balaban J connectivity index is 1.79. The van der Waals surface area contributed by atoms with Crippen LogP contribution in [-0.2, 0) is 11.2 Å². The summed E-state index contributed by atoms with van der Waals surface area (Å²) in [5.74, 6) is -0.847. The number of anilines is 1. The maximum absolute atomic E-state index is 12.6. The molecule has 5 nitrogen and oxygen atoms in total. The number of aliphatic carboxylic acids is 1. The smallest absolute Gasteiger partial charge is 0.311 e. The van der Waals surface area contributed by atoms with Crippen molar-refractivity contribution in [1.82, 2.24) is 4.90 Å². The van der Waals surface area contributed by atoms with Crippen molar-refractivity contribution in [2.24, 2.45) is 5.41 Å². The monoisotopic (exact) mass is 288 g/mol. The van der Waals surface area contributed by atoms with E-state index in [-0.39, 0.29) is 5.91 Å². The zero-order valence-corrected chi connectivity index (χ0v) is 12.2. The first-order valence-electron chi connectivity index (χ1n) is 7.45. The van der Waals surface area contributed by atoms with E-state index < -0.39 is 11.4 Å². The Morgan fingerprint density at radius 2 is 2.24 bits per heavy atom. The molecule has 2 heterocycles. The number of carbonyl (C=O) groups excluding carboxylic acids is 1. The van der Waals surface area contributed by atoms with Crippen molar-refractivity contribution in [1.29, 1.82) is 0 Å². The highest BCUT2D eigenvalue weighted by Gasteiger charge is 2.44. The summed E-state index contributed by atoms with van der Waals surface area (Å²) in [7, 11) is 0. The number of fused-ring (bicyclic) bond motifs is 1. The highest BCUT2D eigenvalue weighted by molar-refractivity contribution is 5.96. The number of carbonyl (C=O) groups is 2.